The summed E-state index contributed by atoms with van der Waals surface area (Å²) in [6.07, 6.45) is -14.7. The van der Waals surface area contributed by atoms with Crippen molar-refractivity contribution in [2.75, 3.05) is 26.4 Å². The third-order valence-corrected chi connectivity index (χ3v) is 18.3. The third-order valence-electron chi connectivity index (χ3n) is 18.3. The van der Waals surface area contributed by atoms with Gasteiger partial charge >= 0.3 is 0 Å². The van der Waals surface area contributed by atoms with Gasteiger partial charge < -0.3 is 89.0 Å². The number of fused-ring (bicyclic) bond motifs is 7. The predicted molar refractivity (Wildman–Crippen MR) is 216 cm³/mol. The first-order chi connectivity index (χ1) is 30.0. The van der Waals surface area contributed by atoms with Crippen molar-refractivity contribution in [2.24, 2.45) is 52.3 Å². The summed E-state index contributed by atoms with van der Waals surface area (Å²) in [6, 6.07) is 0. The molecule has 4 unspecified atom stereocenters. The first kappa shape index (κ1) is 47.4. The SMILES string of the molecule is C[C@@H]1CC[C@@]2(OC1)O[C@H]1C[C@H]3[C@@H]4CC[C@@H]5C[C@@H](O[C@@H]6O[C@H](CO)[C@H](O)[C@H](O[C@@H]7O[C@H](CO)[C@@H](O)[C@H](O)[C@H]7O)[C@H]6O[C@@H]6OC(CO)C(O)C(O)C6O)CC[C@]5(C)[C@H]4CC[C@]3(C)[C@H]1[C@@H]2C. The maximum absolute atomic E-state index is 11.6. The molecule has 18 nitrogen and oxygen atoms in total. The largest absolute Gasteiger partial charge is 0.394 e. The third kappa shape index (κ3) is 7.88. The molecule has 4 aliphatic carbocycles. The summed E-state index contributed by atoms with van der Waals surface area (Å²) in [5, 5.41) is 106. The summed E-state index contributed by atoms with van der Waals surface area (Å²) in [4.78, 5) is 0. The van der Waals surface area contributed by atoms with Crippen molar-refractivity contribution < 1.29 is 89.0 Å². The number of ether oxygens (including phenoxy) is 8. The van der Waals surface area contributed by atoms with Crippen molar-refractivity contribution in [2.45, 2.75) is 202 Å². The van der Waals surface area contributed by atoms with Gasteiger partial charge in [0.25, 0.3) is 0 Å². The van der Waals surface area contributed by atoms with E-state index in [1.165, 1.54) is 0 Å². The Labute approximate surface area is 369 Å². The van der Waals surface area contributed by atoms with E-state index in [1.54, 1.807) is 0 Å². The lowest BCUT2D eigenvalue weighted by molar-refractivity contribution is -0.396. The fourth-order valence-corrected chi connectivity index (χ4v) is 14.7. The number of aliphatic hydroxyl groups is 10. The standard InChI is InChI=1S/C45H74O18/c1-19-7-12-45(56-18-19)20(2)30-26(63-45)14-25-23-6-5-21-13-22(8-10-43(21,3)24(23)9-11-44(25,30)4)57-42-39(62-41-37(55)35(53)32(50)28(16-47)59-41)38(33(51)29(17-48)60-42)61-40-36(54)34(52)31(49)27(15-46)58-40/h19-42,46-55H,5-18H2,1-4H3/t19-,20+,21-,22+,23-,24+,25+,26+,27-,28?,29-,30+,31-,32?,33+,34+,35?,36-,37?,38+,39-,40+,41+,42-,43+,44+,45-/m1/s1. The van der Waals surface area contributed by atoms with Crippen molar-refractivity contribution in [3.8, 4) is 0 Å². The van der Waals surface area contributed by atoms with Gasteiger partial charge in [-0.1, -0.05) is 27.7 Å². The van der Waals surface area contributed by atoms with Gasteiger partial charge in [0.2, 0.25) is 0 Å². The van der Waals surface area contributed by atoms with E-state index in [0.29, 0.717) is 54.3 Å². The van der Waals surface area contributed by atoms with Crippen molar-refractivity contribution in [3.05, 3.63) is 0 Å². The molecule has 18 heteroatoms. The average molecular weight is 903 g/mol. The van der Waals surface area contributed by atoms with E-state index in [0.717, 1.165) is 58.0 Å². The van der Waals surface area contributed by atoms with Crippen LogP contribution in [0.1, 0.15) is 91.9 Å². The highest BCUT2D eigenvalue weighted by molar-refractivity contribution is 5.15. The lowest BCUT2D eigenvalue weighted by Gasteiger charge is -2.61. The van der Waals surface area contributed by atoms with Crippen LogP contribution in [0.25, 0.3) is 0 Å². The Morgan fingerprint density at radius 2 is 1.14 bits per heavy atom. The summed E-state index contributed by atoms with van der Waals surface area (Å²) in [6.45, 7) is 8.21. The fourth-order valence-electron chi connectivity index (χ4n) is 14.7. The summed E-state index contributed by atoms with van der Waals surface area (Å²) < 4.78 is 50.2. The van der Waals surface area contributed by atoms with E-state index >= 15 is 0 Å². The highest BCUT2D eigenvalue weighted by Crippen LogP contribution is 2.71. The van der Waals surface area contributed by atoms with Gasteiger partial charge in [0.1, 0.15) is 73.2 Å². The van der Waals surface area contributed by atoms with Gasteiger partial charge in [-0.2, -0.15) is 0 Å². The maximum Gasteiger partial charge on any atom is 0.187 e. The molecule has 9 aliphatic rings. The molecular weight excluding hydrogens is 828 g/mol. The van der Waals surface area contributed by atoms with Crippen LogP contribution in [0.15, 0.2) is 0 Å². The van der Waals surface area contributed by atoms with Gasteiger partial charge in [-0.3, -0.25) is 0 Å². The first-order valence-corrected chi connectivity index (χ1v) is 23.8. The molecule has 0 aromatic rings. The summed E-state index contributed by atoms with van der Waals surface area (Å²) >= 11 is 0. The quantitative estimate of drug-likeness (QED) is 0.128. The van der Waals surface area contributed by atoms with E-state index in [1.807, 2.05) is 0 Å². The zero-order valence-electron chi connectivity index (χ0n) is 37.0. The van der Waals surface area contributed by atoms with Gasteiger partial charge in [-0.15, -0.1) is 0 Å². The van der Waals surface area contributed by atoms with Gasteiger partial charge in [-0.25, -0.2) is 0 Å². The molecule has 0 radical (unpaired) electrons. The maximum atomic E-state index is 11.6. The summed E-state index contributed by atoms with van der Waals surface area (Å²) in [7, 11) is 0. The first-order valence-electron chi connectivity index (χ1n) is 23.8. The molecule has 5 saturated heterocycles. The molecule has 1 spiro atoms. The molecule has 9 fully saturated rings. The second-order valence-electron chi connectivity index (χ2n) is 21.5. The topological polar surface area (TPSA) is 276 Å². The van der Waals surface area contributed by atoms with Crippen LogP contribution in [-0.4, -0.2) is 188 Å². The molecule has 0 bridgehead atoms. The molecular formula is C45H74O18. The number of aliphatic hydroxyl groups excluding tert-OH is 10. The van der Waals surface area contributed by atoms with E-state index in [4.69, 9.17) is 37.9 Å². The minimum Gasteiger partial charge on any atom is -0.394 e. The Morgan fingerprint density at radius 1 is 0.556 bits per heavy atom. The van der Waals surface area contributed by atoms with E-state index in [2.05, 4.69) is 27.7 Å². The minimum absolute atomic E-state index is 0.0658. The summed E-state index contributed by atoms with van der Waals surface area (Å²) in [5.41, 5.74) is 0.261. The van der Waals surface area contributed by atoms with E-state index in [-0.39, 0.29) is 23.0 Å². The van der Waals surface area contributed by atoms with Crippen LogP contribution in [0, 0.1) is 52.3 Å². The van der Waals surface area contributed by atoms with Crippen molar-refractivity contribution in [3.63, 3.8) is 0 Å². The molecule has 63 heavy (non-hydrogen) atoms. The molecule has 0 aromatic heterocycles. The van der Waals surface area contributed by atoms with Gasteiger partial charge in [0, 0.05) is 12.3 Å². The van der Waals surface area contributed by atoms with Crippen LogP contribution in [-0.2, 0) is 37.9 Å². The zero-order valence-corrected chi connectivity index (χ0v) is 37.0. The second kappa shape index (κ2) is 18.0. The average Bonchev–Trinajstić information content (AvgIpc) is 3.72. The van der Waals surface area contributed by atoms with Crippen molar-refractivity contribution in [1.82, 2.24) is 0 Å². The van der Waals surface area contributed by atoms with Crippen LogP contribution in [0.2, 0.25) is 0 Å². The second-order valence-corrected chi connectivity index (χ2v) is 21.5. The van der Waals surface area contributed by atoms with E-state index in [9.17, 15) is 51.1 Å². The summed E-state index contributed by atoms with van der Waals surface area (Å²) in [5.74, 6) is 2.99. The lowest BCUT2D eigenvalue weighted by Crippen LogP contribution is -2.67. The van der Waals surface area contributed by atoms with Gasteiger partial charge in [0.05, 0.1) is 38.6 Å². The fraction of sp³-hybridized carbons (Fsp3) is 1.00. The van der Waals surface area contributed by atoms with Gasteiger partial charge in [-0.05, 0) is 104 Å². The smallest absolute Gasteiger partial charge is 0.187 e. The zero-order chi connectivity index (χ0) is 44.9. The highest BCUT2D eigenvalue weighted by atomic mass is 16.8. The Balaban J connectivity index is 0.925. The van der Waals surface area contributed by atoms with Crippen LogP contribution in [0.5, 0.6) is 0 Å². The number of rotatable bonds is 9. The number of hydrogen-bond acceptors (Lipinski definition) is 18. The molecule has 0 aromatic carbocycles. The van der Waals surface area contributed by atoms with Crippen molar-refractivity contribution in [1.29, 1.82) is 0 Å². The predicted octanol–water partition coefficient (Wildman–Crippen LogP) is -0.734. The van der Waals surface area contributed by atoms with Gasteiger partial charge in [0.15, 0.2) is 24.7 Å². The monoisotopic (exact) mass is 902 g/mol. The Kier molecular flexibility index (Phi) is 13.5. The highest BCUT2D eigenvalue weighted by Gasteiger charge is 2.69. The molecule has 362 valence electrons. The normalized spacial score (nSPS) is 58.2. The van der Waals surface area contributed by atoms with Crippen LogP contribution in [0.3, 0.4) is 0 Å². The Bertz CT molecular complexity index is 1570. The molecule has 0 amide bonds. The van der Waals surface area contributed by atoms with Crippen LogP contribution in [0.4, 0.5) is 0 Å². The molecule has 4 saturated carbocycles. The molecule has 5 heterocycles. The molecule has 10 N–H and O–H groups in total. The molecule has 5 aliphatic heterocycles. The lowest BCUT2D eigenvalue weighted by atomic mass is 9.44. The Morgan fingerprint density at radius 3 is 1.75 bits per heavy atom. The Hall–Kier alpha value is -0.720. The minimum atomic E-state index is -1.87. The van der Waals surface area contributed by atoms with Crippen LogP contribution >= 0.6 is 0 Å². The van der Waals surface area contributed by atoms with E-state index < -0.39 is 118 Å². The number of hydrogen-bond donors (Lipinski definition) is 10. The van der Waals surface area contributed by atoms with Crippen molar-refractivity contribution >= 4 is 0 Å². The molecule has 27 atom stereocenters. The van der Waals surface area contributed by atoms with Crippen LogP contribution < -0.4 is 0 Å². The molecule has 9 rings (SSSR count).